The standard InChI is InChI=1S/C22H29ClN4O2/c1-15(2)22(29)26-13-9-17(10-14-26)21(28)25-16(3)20(27-12-6-11-24-27)18-7-4-5-8-19(18)23/h4-8,11-12,15-17,20H,9-10,13-14H2,1-3H3,(H,25,28)/t16-,20+/m1/s1. The molecule has 1 aromatic carbocycles. The summed E-state index contributed by atoms with van der Waals surface area (Å²) >= 11 is 6.45. The van der Waals surface area contributed by atoms with E-state index >= 15 is 0 Å². The summed E-state index contributed by atoms with van der Waals surface area (Å²) in [5.41, 5.74) is 0.919. The number of likely N-dealkylation sites (tertiary alicyclic amines) is 1. The van der Waals surface area contributed by atoms with Crippen molar-refractivity contribution in [1.29, 1.82) is 0 Å². The van der Waals surface area contributed by atoms with Crippen LogP contribution in [0.2, 0.25) is 5.02 Å². The van der Waals surface area contributed by atoms with Crippen LogP contribution in [0.15, 0.2) is 42.7 Å². The lowest BCUT2D eigenvalue weighted by Gasteiger charge is -2.34. The van der Waals surface area contributed by atoms with Crippen molar-refractivity contribution in [2.45, 2.75) is 45.7 Å². The van der Waals surface area contributed by atoms with E-state index in [9.17, 15) is 9.59 Å². The van der Waals surface area contributed by atoms with E-state index < -0.39 is 0 Å². The lowest BCUT2D eigenvalue weighted by molar-refractivity contribution is -0.138. The molecule has 2 atom stereocenters. The van der Waals surface area contributed by atoms with Gasteiger partial charge in [0.2, 0.25) is 11.8 Å². The number of amides is 2. The fourth-order valence-corrected chi connectivity index (χ4v) is 4.20. The molecule has 156 valence electrons. The van der Waals surface area contributed by atoms with Gasteiger partial charge >= 0.3 is 0 Å². The average molecular weight is 417 g/mol. The molecule has 0 unspecified atom stereocenters. The van der Waals surface area contributed by atoms with E-state index in [0.717, 1.165) is 5.56 Å². The summed E-state index contributed by atoms with van der Waals surface area (Å²) in [4.78, 5) is 27.0. The molecular formula is C22H29ClN4O2. The minimum Gasteiger partial charge on any atom is -0.351 e. The molecule has 29 heavy (non-hydrogen) atoms. The summed E-state index contributed by atoms with van der Waals surface area (Å²) in [5, 5.41) is 8.20. The van der Waals surface area contributed by atoms with Crippen molar-refractivity contribution in [2.24, 2.45) is 11.8 Å². The largest absolute Gasteiger partial charge is 0.351 e. The van der Waals surface area contributed by atoms with Gasteiger partial charge in [-0.3, -0.25) is 14.3 Å². The molecule has 0 bridgehead atoms. The Labute approximate surface area is 177 Å². The van der Waals surface area contributed by atoms with Gasteiger partial charge < -0.3 is 10.2 Å². The summed E-state index contributed by atoms with van der Waals surface area (Å²) in [6.45, 7) is 7.07. The summed E-state index contributed by atoms with van der Waals surface area (Å²) in [6, 6.07) is 9.11. The maximum absolute atomic E-state index is 12.9. The number of nitrogens with zero attached hydrogens (tertiary/aromatic N) is 3. The maximum Gasteiger partial charge on any atom is 0.225 e. The normalized spacial score (nSPS) is 17.2. The van der Waals surface area contributed by atoms with Gasteiger partial charge in [-0.1, -0.05) is 43.6 Å². The second-order valence-corrected chi connectivity index (χ2v) is 8.41. The third-order valence-electron chi connectivity index (χ3n) is 5.55. The summed E-state index contributed by atoms with van der Waals surface area (Å²) < 4.78 is 1.83. The van der Waals surface area contributed by atoms with E-state index in [4.69, 9.17) is 11.6 Å². The highest BCUT2D eigenvalue weighted by molar-refractivity contribution is 6.31. The molecule has 2 amide bonds. The Morgan fingerprint density at radius 2 is 1.83 bits per heavy atom. The molecule has 3 rings (SSSR count). The van der Waals surface area contributed by atoms with Crippen LogP contribution in [-0.2, 0) is 9.59 Å². The summed E-state index contributed by atoms with van der Waals surface area (Å²) in [7, 11) is 0. The second kappa shape index (κ2) is 9.44. The first-order valence-electron chi connectivity index (χ1n) is 10.2. The molecule has 1 N–H and O–H groups in total. The zero-order valence-electron chi connectivity index (χ0n) is 17.2. The molecule has 1 aromatic heterocycles. The summed E-state index contributed by atoms with van der Waals surface area (Å²) in [6.07, 6.45) is 4.98. The van der Waals surface area contributed by atoms with Crippen LogP contribution < -0.4 is 5.32 Å². The lowest BCUT2D eigenvalue weighted by Crippen LogP contribution is -2.47. The number of rotatable bonds is 6. The number of carbonyl (C=O) groups excluding carboxylic acids is 2. The van der Waals surface area contributed by atoms with Crippen molar-refractivity contribution in [3.05, 3.63) is 53.3 Å². The minimum atomic E-state index is -0.203. The van der Waals surface area contributed by atoms with Gasteiger partial charge in [-0.2, -0.15) is 5.10 Å². The van der Waals surface area contributed by atoms with Gasteiger partial charge in [-0.05, 0) is 37.5 Å². The Balaban J connectivity index is 1.67. The molecule has 0 spiro atoms. The topological polar surface area (TPSA) is 67.2 Å². The third kappa shape index (κ3) is 4.99. The van der Waals surface area contributed by atoms with Crippen molar-refractivity contribution in [1.82, 2.24) is 20.0 Å². The number of halogens is 1. The zero-order chi connectivity index (χ0) is 21.0. The molecule has 1 aliphatic heterocycles. The first-order valence-corrected chi connectivity index (χ1v) is 10.6. The maximum atomic E-state index is 12.9. The van der Waals surface area contributed by atoms with Crippen LogP contribution in [0.4, 0.5) is 0 Å². The molecule has 1 fully saturated rings. The van der Waals surface area contributed by atoms with E-state index in [2.05, 4.69) is 10.4 Å². The lowest BCUT2D eigenvalue weighted by atomic mass is 9.93. The van der Waals surface area contributed by atoms with Crippen molar-refractivity contribution >= 4 is 23.4 Å². The number of piperidine rings is 1. The Kier molecular flexibility index (Phi) is 6.96. The van der Waals surface area contributed by atoms with Crippen LogP contribution in [0.25, 0.3) is 0 Å². The Hall–Kier alpha value is -2.34. The summed E-state index contributed by atoms with van der Waals surface area (Å²) in [5.74, 6) is 0.0945. The van der Waals surface area contributed by atoms with Crippen LogP contribution >= 0.6 is 11.6 Å². The van der Waals surface area contributed by atoms with Gasteiger partial charge in [-0.15, -0.1) is 0 Å². The van der Waals surface area contributed by atoms with Gasteiger partial charge in [0, 0.05) is 42.3 Å². The fraction of sp³-hybridized carbons (Fsp3) is 0.500. The van der Waals surface area contributed by atoms with Crippen molar-refractivity contribution in [2.75, 3.05) is 13.1 Å². The van der Waals surface area contributed by atoms with Gasteiger partial charge in [-0.25, -0.2) is 0 Å². The third-order valence-corrected chi connectivity index (χ3v) is 5.89. The number of hydrogen-bond donors (Lipinski definition) is 1. The van der Waals surface area contributed by atoms with Crippen molar-refractivity contribution in [3.8, 4) is 0 Å². The highest BCUT2D eigenvalue weighted by atomic mass is 35.5. The molecule has 7 heteroatoms. The van der Waals surface area contributed by atoms with E-state index in [1.165, 1.54) is 0 Å². The fourth-order valence-electron chi connectivity index (χ4n) is 3.95. The van der Waals surface area contributed by atoms with Crippen LogP contribution in [-0.4, -0.2) is 45.6 Å². The van der Waals surface area contributed by atoms with E-state index in [1.807, 2.05) is 66.9 Å². The van der Waals surface area contributed by atoms with E-state index in [0.29, 0.717) is 31.0 Å². The number of carbonyl (C=O) groups is 2. The molecule has 2 aromatic rings. The van der Waals surface area contributed by atoms with Crippen LogP contribution in [0, 0.1) is 11.8 Å². The van der Waals surface area contributed by atoms with Crippen LogP contribution in [0.1, 0.15) is 45.2 Å². The molecule has 0 saturated carbocycles. The highest BCUT2D eigenvalue weighted by Gasteiger charge is 2.31. The SMILES string of the molecule is CC(C)C(=O)N1CCC(C(=O)N[C@H](C)[C@@H](c2ccccc2Cl)n2cccn2)CC1. The predicted molar refractivity (Wildman–Crippen MR) is 114 cm³/mol. The molecule has 1 saturated heterocycles. The number of benzene rings is 1. The molecule has 1 aliphatic rings. The molecule has 2 heterocycles. The first-order chi connectivity index (χ1) is 13.9. The predicted octanol–water partition coefficient (Wildman–Crippen LogP) is 3.53. The smallest absolute Gasteiger partial charge is 0.225 e. The molecular weight excluding hydrogens is 388 g/mol. The van der Waals surface area contributed by atoms with Crippen molar-refractivity contribution < 1.29 is 9.59 Å². The van der Waals surface area contributed by atoms with Gasteiger partial charge in [0.05, 0.1) is 12.1 Å². The minimum absolute atomic E-state index is 0.00847. The van der Waals surface area contributed by atoms with Gasteiger partial charge in [0.1, 0.15) is 0 Å². The van der Waals surface area contributed by atoms with Crippen LogP contribution in [0.3, 0.4) is 0 Å². The van der Waals surface area contributed by atoms with E-state index in [-0.39, 0.29) is 35.7 Å². The quantitative estimate of drug-likeness (QED) is 0.783. The zero-order valence-corrected chi connectivity index (χ0v) is 18.0. The Bertz CT molecular complexity index is 829. The number of aromatic nitrogens is 2. The van der Waals surface area contributed by atoms with Crippen LogP contribution in [0.5, 0.6) is 0 Å². The van der Waals surface area contributed by atoms with E-state index in [1.54, 1.807) is 6.20 Å². The first kappa shape index (κ1) is 21.4. The molecule has 0 radical (unpaired) electrons. The van der Waals surface area contributed by atoms with Crippen molar-refractivity contribution in [3.63, 3.8) is 0 Å². The number of hydrogen-bond acceptors (Lipinski definition) is 3. The average Bonchev–Trinajstić information content (AvgIpc) is 3.23. The van der Waals surface area contributed by atoms with Gasteiger partial charge in [0.15, 0.2) is 0 Å². The number of nitrogens with one attached hydrogen (secondary N) is 1. The highest BCUT2D eigenvalue weighted by Crippen LogP contribution is 2.29. The second-order valence-electron chi connectivity index (χ2n) is 8.00. The Morgan fingerprint density at radius 1 is 1.14 bits per heavy atom. The molecule has 6 nitrogen and oxygen atoms in total. The van der Waals surface area contributed by atoms with Gasteiger partial charge in [0.25, 0.3) is 0 Å². The monoisotopic (exact) mass is 416 g/mol. The molecule has 0 aliphatic carbocycles. The Morgan fingerprint density at radius 3 is 2.41 bits per heavy atom.